The van der Waals surface area contributed by atoms with Crippen LogP contribution < -0.4 is 0 Å². The zero-order chi connectivity index (χ0) is 23.2. The summed E-state index contributed by atoms with van der Waals surface area (Å²) in [6.07, 6.45) is -2.52. The summed E-state index contributed by atoms with van der Waals surface area (Å²) >= 11 is 3.23. The number of carbonyl (C=O) groups is 3. The van der Waals surface area contributed by atoms with Crippen molar-refractivity contribution >= 4 is 34.1 Å². The van der Waals surface area contributed by atoms with Gasteiger partial charge in [0.2, 0.25) is 0 Å². The topological polar surface area (TPSA) is 113 Å². The molecule has 2 rings (SSSR count). The number of benzene rings is 2. The van der Waals surface area contributed by atoms with Crippen molar-refractivity contribution in [3.8, 4) is 5.75 Å². The molecule has 2 N–H and O–H groups in total. The first kappa shape index (κ1) is 24.2. The smallest absolute Gasteiger partial charge is 0.421 e. The molecule has 0 bridgehead atoms. The zero-order valence-electron chi connectivity index (χ0n) is 17.3. The number of carboxylic acids is 1. The summed E-state index contributed by atoms with van der Waals surface area (Å²) in [4.78, 5) is 38.2. The number of aliphatic carboxylic acids is 1. The summed E-state index contributed by atoms with van der Waals surface area (Å²) in [6, 6.07) is 12.9. The third-order valence-electron chi connectivity index (χ3n) is 4.01. The maximum atomic E-state index is 12.9. The molecule has 2 atom stereocenters. The van der Waals surface area contributed by atoms with E-state index in [1.54, 1.807) is 51.1 Å². The number of ether oxygens (including phenoxy) is 2. The van der Waals surface area contributed by atoms with Crippen LogP contribution in [0.2, 0.25) is 0 Å². The number of imide groups is 1. The van der Waals surface area contributed by atoms with Crippen molar-refractivity contribution in [2.24, 2.45) is 0 Å². The van der Waals surface area contributed by atoms with E-state index in [-0.39, 0.29) is 12.2 Å². The van der Waals surface area contributed by atoms with Crippen molar-refractivity contribution < 1.29 is 34.1 Å². The predicted octanol–water partition coefficient (Wildman–Crippen LogP) is 4.86. The summed E-state index contributed by atoms with van der Waals surface area (Å²) in [6.45, 7) is 4.80. The maximum absolute atomic E-state index is 12.9. The Kier molecular flexibility index (Phi) is 8.04. The van der Waals surface area contributed by atoms with Gasteiger partial charge in [0.15, 0.2) is 5.01 Å². The van der Waals surface area contributed by atoms with Crippen molar-refractivity contribution in [1.82, 2.24) is 4.90 Å². The Morgan fingerprint density at radius 2 is 1.58 bits per heavy atom. The number of hydrogen-bond acceptors (Lipinski definition) is 6. The molecule has 0 aliphatic carbocycles. The van der Waals surface area contributed by atoms with Gasteiger partial charge in [-0.2, -0.15) is 4.90 Å². The van der Waals surface area contributed by atoms with Crippen molar-refractivity contribution in [3.63, 3.8) is 0 Å². The Balaban J connectivity index is 2.34. The number of hydrogen-bond donors (Lipinski definition) is 2. The largest absolute Gasteiger partial charge is 0.508 e. The second kappa shape index (κ2) is 10.3. The highest BCUT2D eigenvalue weighted by Gasteiger charge is 2.40. The van der Waals surface area contributed by atoms with Gasteiger partial charge in [-0.1, -0.05) is 42.5 Å². The second-order valence-electron chi connectivity index (χ2n) is 7.69. The molecular formula is C22H24BrNO7. The van der Waals surface area contributed by atoms with E-state index >= 15 is 0 Å². The fourth-order valence-electron chi connectivity index (χ4n) is 2.60. The molecule has 166 valence electrons. The van der Waals surface area contributed by atoms with Crippen LogP contribution in [0.1, 0.15) is 36.9 Å². The minimum absolute atomic E-state index is 0.00373. The Bertz CT molecular complexity index is 910. The van der Waals surface area contributed by atoms with Gasteiger partial charge in [0.05, 0.1) is 0 Å². The molecular weight excluding hydrogens is 470 g/mol. The molecule has 0 saturated heterocycles. The van der Waals surface area contributed by atoms with Crippen molar-refractivity contribution in [2.45, 2.75) is 43.8 Å². The van der Waals surface area contributed by atoms with Crippen LogP contribution in [-0.2, 0) is 20.7 Å². The number of rotatable bonds is 6. The summed E-state index contributed by atoms with van der Waals surface area (Å²) in [5.41, 5.74) is 0.125. The average Bonchev–Trinajstić information content (AvgIpc) is 2.68. The van der Waals surface area contributed by atoms with Gasteiger partial charge in [-0.25, -0.2) is 14.4 Å². The van der Waals surface area contributed by atoms with E-state index in [0.29, 0.717) is 16.0 Å². The molecule has 0 radical (unpaired) electrons. The lowest BCUT2D eigenvalue weighted by Gasteiger charge is -2.30. The third kappa shape index (κ3) is 7.29. The van der Waals surface area contributed by atoms with Crippen LogP contribution in [0.25, 0.3) is 0 Å². The lowest BCUT2D eigenvalue weighted by atomic mass is 10.0. The molecule has 2 aromatic rings. The Morgan fingerprint density at radius 1 is 1.00 bits per heavy atom. The Morgan fingerprint density at radius 3 is 2.10 bits per heavy atom. The van der Waals surface area contributed by atoms with Crippen LogP contribution in [0, 0.1) is 0 Å². The molecule has 0 heterocycles. The lowest BCUT2D eigenvalue weighted by Crippen LogP contribution is -2.51. The second-order valence-corrected chi connectivity index (χ2v) is 8.52. The number of aromatic hydroxyl groups is 1. The normalized spacial score (nSPS) is 13.0. The Labute approximate surface area is 188 Å². The summed E-state index contributed by atoms with van der Waals surface area (Å²) in [5, 5.41) is 18.3. The van der Waals surface area contributed by atoms with Crippen molar-refractivity contribution in [1.29, 1.82) is 0 Å². The number of phenols is 1. The standard InChI is InChI=1S/C22H24BrNO7/c1-22(2,3)31-21(29)24(20(28)30-18(23)15-7-5-4-6-8-15)17(19(26)27)13-14-9-11-16(25)12-10-14/h4-12,17-18,25H,13H2,1-3H3,(H,26,27)/t17-,18?/m0/s1. The highest BCUT2D eigenvalue weighted by molar-refractivity contribution is 9.09. The highest BCUT2D eigenvalue weighted by Crippen LogP contribution is 2.26. The number of alkyl halides is 1. The van der Waals surface area contributed by atoms with Gasteiger partial charge in [0, 0.05) is 12.0 Å². The van der Waals surface area contributed by atoms with Crippen LogP contribution in [0.15, 0.2) is 54.6 Å². The summed E-state index contributed by atoms with van der Waals surface area (Å²) < 4.78 is 10.6. The molecule has 9 heteroatoms. The SMILES string of the molecule is CC(C)(C)OC(=O)N(C(=O)OC(Br)c1ccccc1)[C@@H](Cc1ccc(O)cc1)C(=O)O. The first-order valence-electron chi connectivity index (χ1n) is 9.40. The molecule has 1 unspecified atom stereocenters. The number of carbonyl (C=O) groups excluding carboxylic acids is 2. The highest BCUT2D eigenvalue weighted by atomic mass is 79.9. The molecule has 0 saturated carbocycles. The molecule has 2 amide bonds. The van der Waals surface area contributed by atoms with E-state index in [1.807, 2.05) is 0 Å². The van der Waals surface area contributed by atoms with Gasteiger partial charge < -0.3 is 19.7 Å². The number of amides is 2. The minimum atomic E-state index is -1.60. The van der Waals surface area contributed by atoms with Crippen molar-refractivity contribution in [3.05, 3.63) is 65.7 Å². The number of halogens is 1. The van der Waals surface area contributed by atoms with Gasteiger partial charge in [-0.05, 0) is 54.4 Å². The van der Waals surface area contributed by atoms with Crippen molar-refractivity contribution in [2.75, 3.05) is 0 Å². The zero-order valence-corrected chi connectivity index (χ0v) is 18.9. The van der Waals surface area contributed by atoms with E-state index < -0.39 is 34.8 Å². The van der Waals surface area contributed by atoms with E-state index in [2.05, 4.69) is 15.9 Å². The summed E-state index contributed by atoms with van der Waals surface area (Å²) in [7, 11) is 0. The van der Waals surface area contributed by atoms with E-state index in [9.17, 15) is 24.6 Å². The third-order valence-corrected chi connectivity index (χ3v) is 4.73. The van der Waals surface area contributed by atoms with Crippen LogP contribution >= 0.6 is 15.9 Å². The first-order chi connectivity index (χ1) is 14.5. The van der Waals surface area contributed by atoms with Crippen LogP contribution in [0.4, 0.5) is 9.59 Å². The molecule has 31 heavy (non-hydrogen) atoms. The number of phenolic OH excluding ortho intramolecular Hbond substituents is 1. The quantitative estimate of drug-likeness (QED) is 0.552. The molecule has 0 fully saturated rings. The van der Waals surface area contributed by atoms with Gasteiger partial charge in [-0.3, -0.25) is 0 Å². The van der Waals surface area contributed by atoms with E-state index in [4.69, 9.17) is 9.47 Å². The van der Waals surface area contributed by atoms with Gasteiger partial charge >= 0.3 is 18.2 Å². The monoisotopic (exact) mass is 493 g/mol. The number of carboxylic acid groups (broad SMARTS) is 1. The molecule has 2 aromatic carbocycles. The molecule has 8 nitrogen and oxygen atoms in total. The lowest BCUT2D eigenvalue weighted by molar-refractivity contribution is -0.142. The van der Waals surface area contributed by atoms with E-state index in [1.165, 1.54) is 24.3 Å². The minimum Gasteiger partial charge on any atom is -0.508 e. The fourth-order valence-corrected chi connectivity index (χ4v) is 3.07. The summed E-state index contributed by atoms with van der Waals surface area (Å²) in [5.74, 6) is -1.41. The fraction of sp³-hybridized carbons (Fsp3) is 0.318. The van der Waals surface area contributed by atoms with Crippen LogP contribution in [0.3, 0.4) is 0 Å². The van der Waals surface area contributed by atoms with Gasteiger partial charge in [0.1, 0.15) is 17.4 Å². The first-order valence-corrected chi connectivity index (χ1v) is 10.3. The van der Waals surface area contributed by atoms with Crippen LogP contribution in [-0.4, -0.2) is 44.9 Å². The average molecular weight is 494 g/mol. The Hall–Kier alpha value is -3.07. The molecule has 0 spiro atoms. The molecule has 0 aliphatic rings. The predicted molar refractivity (Wildman–Crippen MR) is 116 cm³/mol. The number of nitrogens with zero attached hydrogens (tertiary/aromatic N) is 1. The molecule has 0 aliphatic heterocycles. The van der Waals surface area contributed by atoms with Gasteiger partial charge in [0.25, 0.3) is 0 Å². The molecule has 0 aromatic heterocycles. The van der Waals surface area contributed by atoms with Gasteiger partial charge in [-0.15, -0.1) is 0 Å². The maximum Gasteiger partial charge on any atom is 0.421 e. The van der Waals surface area contributed by atoms with E-state index in [0.717, 1.165) is 0 Å². The van der Waals surface area contributed by atoms with Crippen LogP contribution in [0.5, 0.6) is 5.75 Å².